The molecule has 0 aliphatic heterocycles. The van der Waals surface area contributed by atoms with Crippen LogP contribution in [-0.4, -0.2) is 15.5 Å². The van der Waals surface area contributed by atoms with Crippen molar-refractivity contribution in [3.63, 3.8) is 0 Å². The summed E-state index contributed by atoms with van der Waals surface area (Å²) in [5.74, 6) is 0.208. The van der Waals surface area contributed by atoms with Gasteiger partial charge in [0.25, 0.3) is 0 Å². The van der Waals surface area contributed by atoms with Crippen molar-refractivity contribution in [1.82, 2.24) is 9.78 Å². The summed E-state index contributed by atoms with van der Waals surface area (Å²) in [5.41, 5.74) is 2.45. The summed E-state index contributed by atoms with van der Waals surface area (Å²) in [6.07, 6.45) is 6.01. The van der Waals surface area contributed by atoms with E-state index in [0.717, 1.165) is 11.3 Å². The SMILES string of the molecule is C/C=C\c1cn(C(C)C)nc1C(=N)C(C)C. The molecule has 0 aromatic carbocycles. The van der Waals surface area contributed by atoms with Gasteiger partial charge in [0, 0.05) is 17.8 Å². The van der Waals surface area contributed by atoms with Gasteiger partial charge in [0.2, 0.25) is 0 Å². The molecule has 0 saturated heterocycles. The van der Waals surface area contributed by atoms with E-state index < -0.39 is 0 Å². The zero-order chi connectivity index (χ0) is 12.3. The van der Waals surface area contributed by atoms with Crippen LogP contribution in [-0.2, 0) is 0 Å². The Labute approximate surface area is 97.7 Å². The highest BCUT2D eigenvalue weighted by Gasteiger charge is 2.15. The fraction of sp³-hybridized carbons (Fsp3) is 0.538. The van der Waals surface area contributed by atoms with Crippen molar-refractivity contribution in [2.45, 2.75) is 40.7 Å². The van der Waals surface area contributed by atoms with Crippen molar-refractivity contribution in [3.05, 3.63) is 23.5 Å². The number of aromatic nitrogens is 2. The summed E-state index contributed by atoms with van der Waals surface area (Å²) in [5, 5.41) is 12.5. The Morgan fingerprint density at radius 3 is 2.44 bits per heavy atom. The number of rotatable bonds is 4. The average molecular weight is 219 g/mol. The Kier molecular flexibility index (Phi) is 4.05. The van der Waals surface area contributed by atoms with Gasteiger partial charge in [-0.25, -0.2) is 0 Å². The molecule has 0 bridgehead atoms. The maximum absolute atomic E-state index is 8.05. The predicted molar refractivity (Wildman–Crippen MR) is 69.0 cm³/mol. The molecule has 3 heteroatoms. The van der Waals surface area contributed by atoms with Gasteiger partial charge in [0.05, 0.1) is 5.71 Å². The zero-order valence-corrected chi connectivity index (χ0v) is 10.8. The number of hydrogen-bond acceptors (Lipinski definition) is 2. The Morgan fingerprint density at radius 2 is 2.00 bits per heavy atom. The molecule has 16 heavy (non-hydrogen) atoms. The van der Waals surface area contributed by atoms with Crippen LogP contribution in [0.15, 0.2) is 12.3 Å². The van der Waals surface area contributed by atoms with Gasteiger partial charge in [-0.2, -0.15) is 5.10 Å². The van der Waals surface area contributed by atoms with Gasteiger partial charge in [0.15, 0.2) is 0 Å². The summed E-state index contributed by atoms with van der Waals surface area (Å²) in [4.78, 5) is 0. The quantitative estimate of drug-likeness (QED) is 0.773. The molecule has 0 saturated carbocycles. The van der Waals surface area contributed by atoms with E-state index >= 15 is 0 Å². The van der Waals surface area contributed by atoms with Crippen LogP contribution < -0.4 is 0 Å². The molecule has 0 aliphatic carbocycles. The molecule has 1 rings (SSSR count). The fourth-order valence-electron chi connectivity index (χ4n) is 1.45. The number of nitrogens with zero attached hydrogens (tertiary/aromatic N) is 2. The Bertz CT molecular complexity index is 397. The molecule has 0 spiro atoms. The van der Waals surface area contributed by atoms with E-state index in [-0.39, 0.29) is 5.92 Å². The van der Waals surface area contributed by atoms with E-state index in [0.29, 0.717) is 11.8 Å². The standard InChI is InChI=1S/C13H21N3/c1-6-7-11-8-16(10(4)5)15-13(11)12(14)9(2)3/h6-10,14H,1-5H3/b7-6-,14-12?. The van der Waals surface area contributed by atoms with Gasteiger partial charge < -0.3 is 5.41 Å². The van der Waals surface area contributed by atoms with E-state index in [4.69, 9.17) is 5.41 Å². The third-order valence-electron chi connectivity index (χ3n) is 2.47. The smallest absolute Gasteiger partial charge is 0.113 e. The second kappa shape index (κ2) is 5.10. The third-order valence-corrected chi connectivity index (χ3v) is 2.47. The second-order valence-electron chi connectivity index (χ2n) is 4.58. The Hall–Kier alpha value is -1.38. The topological polar surface area (TPSA) is 41.7 Å². The number of hydrogen-bond donors (Lipinski definition) is 1. The first-order valence-corrected chi connectivity index (χ1v) is 5.78. The minimum Gasteiger partial charge on any atom is -0.303 e. The van der Waals surface area contributed by atoms with Gasteiger partial charge in [-0.3, -0.25) is 4.68 Å². The molecule has 0 amide bonds. The van der Waals surface area contributed by atoms with E-state index in [9.17, 15) is 0 Å². The van der Waals surface area contributed by atoms with Crippen LogP contribution in [0.5, 0.6) is 0 Å². The molecule has 0 radical (unpaired) electrons. The van der Waals surface area contributed by atoms with Gasteiger partial charge in [-0.15, -0.1) is 0 Å². The van der Waals surface area contributed by atoms with Crippen molar-refractivity contribution < 1.29 is 0 Å². The van der Waals surface area contributed by atoms with E-state index in [1.54, 1.807) is 0 Å². The highest BCUT2D eigenvalue weighted by molar-refractivity contribution is 6.00. The van der Waals surface area contributed by atoms with E-state index in [1.165, 1.54) is 0 Å². The minimum absolute atomic E-state index is 0.208. The summed E-state index contributed by atoms with van der Waals surface area (Å²) < 4.78 is 1.92. The second-order valence-corrected chi connectivity index (χ2v) is 4.58. The molecule has 1 heterocycles. The van der Waals surface area contributed by atoms with Crippen LogP contribution in [0.4, 0.5) is 0 Å². The molecule has 1 aromatic rings. The lowest BCUT2D eigenvalue weighted by Gasteiger charge is -2.06. The molecule has 88 valence electrons. The highest BCUT2D eigenvalue weighted by atomic mass is 15.3. The average Bonchev–Trinajstić information content (AvgIpc) is 2.61. The summed E-state index contributed by atoms with van der Waals surface area (Å²) in [7, 11) is 0. The van der Waals surface area contributed by atoms with Crippen molar-refractivity contribution in [2.24, 2.45) is 5.92 Å². The van der Waals surface area contributed by atoms with Crippen LogP contribution in [0.25, 0.3) is 6.08 Å². The lowest BCUT2D eigenvalue weighted by Crippen LogP contribution is -2.11. The fourth-order valence-corrected chi connectivity index (χ4v) is 1.45. The predicted octanol–water partition coefficient (Wildman–Crippen LogP) is 3.52. The number of nitrogens with one attached hydrogen (secondary N) is 1. The first kappa shape index (κ1) is 12.7. The van der Waals surface area contributed by atoms with Crippen molar-refractivity contribution in [2.75, 3.05) is 0 Å². The van der Waals surface area contributed by atoms with E-state index in [2.05, 4.69) is 18.9 Å². The Balaban J connectivity index is 3.20. The van der Waals surface area contributed by atoms with Crippen LogP contribution in [0.2, 0.25) is 0 Å². The number of allylic oxidation sites excluding steroid dienone is 1. The summed E-state index contributed by atoms with van der Waals surface area (Å²) >= 11 is 0. The van der Waals surface area contributed by atoms with Gasteiger partial charge in [-0.05, 0) is 26.7 Å². The normalized spacial score (nSPS) is 11.9. The van der Waals surface area contributed by atoms with Crippen LogP contribution in [0, 0.1) is 11.3 Å². The minimum atomic E-state index is 0.208. The molecular weight excluding hydrogens is 198 g/mol. The zero-order valence-electron chi connectivity index (χ0n) is 10.8. The first-order chi connectivity index (χ1) is 7.47. The Morgan fingerprint density at radius 1 is 1.38 bits per heavy atom. The van der Waals surface area contributed by atoms with Crippen molar-refractivity contribution >= 4 is 11.8 Å². The van der Waals surface area contributed by atoms with Crippen molar-refractivity contribution in [3.8, 4) is 0 Å². The first-order valence-electron chi connectivity index (χ1n) is 5.78. The maximum Gasteiger partial charge on any atom is 0.113 e. The third kappa shape index (κ3) is 2.60. The summed E-state index contributed by atoms with van der Waals surface area (Å²) in [6.45, 7) is 10.2. The molecule has 0 unspecified atom stereocenters. The van der Waals surface area contributed by atoms with Crippen LogP contribution in [0.3, 0.4) is 0 Å². The molecule has 0 aliphatic rings. The molecule has 0 atom stereocenters. The summed E-state index contributed by atoms with van der Waals surface area (Å²) in [6, 6.07) is 0.331. The van der Waals surface area contributed by atoms with Crippen LogP contribution >= 0.6 is 0 Å². The van der Waals surface area contributed by atoms with Gasteiger partial charge >= 0.3 is 0 Å². The van der Waals surface area contributed by atoms with Crippen LogP contribution in [0.1, 0.15) is 51.9 Å². The molecule has 1 aromatic heterocycles. The lowest BCUT2D eigenvalue weighted by molar-refractivity contribution is 0.531. The lowest BCUT2D eigenvalue weighted by atomic mass is 10.0. The molecule has 0 fully saturated rings. The van der Waals surface area contributed by atoms with E-state index in [1.807, 2.05) is 43.8 Å². The van der Waals surface area contributed by atoms with Crippen molar-refractivity contribution in [1.29, 1.82) is 5.41 Å². The highest BCUT2D eigenvalue weighted by Crippen LogP contribution is 2.16. The maximum atomic E-state index is 8.05. The monoisotopic (exact) mass is 219 g/mol. The van der Waals surface area contributed by atoms with Gasteiger partial charge in [0.1, 0.15) is 5.69 Å². The molecule has 3 nitrogen and oxygen atoms in total. The largest absolute Gasteiger partial charge is 0.303 e. The molecular formula is C13H21N3. The molecule has 1 N–H and O–H groups in total. The van der Waals surface area contributed by atoms with Gasteiger partial charge in [-0.1, -0.05) is 26.0 Å².